The van der Waals surface area contributed by atoms with Crippen molar-refractivity contribution in [1.29, 1.82) is 0 Å². The highest BCUT2D eigenvalue weighted by molar-refractivity contribution is 5.95. The summed E-state index contributed by atoms with van der Waals surface area (Å²) in [5, 5.41) is 11.0. The van der Waals surface area contributed by atoms with Crippen molar-refractivity contribution in [2.45, 2.75) is 64.7 Å². The van der Waals surface area contributed by atoms with Crippen LogP contribution in [0.2, 0.25) is 0 Å². The molecule has 0 heterocycles. The first-order valence-electron chi connectivity index (χ1n) is 9.30. The fraction of sp³-hybridized carbons (Fsp3) is 0.500. The van der Waals surface area contributed by atoms with E-state index in [0.717, 1.165) is 38.5 Å². The van der Waals surface area contributed by atoms with Gasteiger partial charge in [0, 0.05) is 11.5 Å². The number of esters is 1. The number of aromatic hydroxyl groups is 1. The maximum absolute atomic E-state index is 12.4. The summed E-state index contributed by atoms with van der Waals surface area (Å²) < 4.78 is 10.3. The Labute approximate surface area is 156 Å². The minimum atomic E-state index is -0.529. The number of ether oxygens (including phenoxy) is 2. The lowest BCUT2D eigenvalue weighted by atomic mass is 9.83. The van der Waals surface area contributed by atoms with Gasteiger partial charge in [0.05, 0.1) is 7.11 Å². The largest absolute Gasteiger partial charge is 0.507 e. The number of unbranched alkanes of at least 4 members (excludes halogenated alkanes) is 2. The van der Waals surface area contributed by atoms with Crippen LogP contribution in [0.4, 0.5) is 0 Å². The normalized spacial score (nSPS) is 16.5. The van der Waals surface area contributed by atoms with Gasteiger partial charge in [-0.15, -0.1) is 0 Å². The van der Waals surface area contributed by atoms with E-state index in [9.17, 15) is 9.90 Å². The molecule has 0 saturated heterocycles. The van der Waals surface area contributed by atoms with Gasteiger partial charge in [-0.2, -0.15) is 0 Å². The lowest BCUT2D eigenvalue weighted by molar-refractivity contribution is 0.0595. The minimum absolute atomic E-state index is 0.0276. The molecule has 2 rings (SSSR count). The number of phenolic OH excluding ortho intramolecular Hbond substituents is 1. The molecule has 4 nitrogen and oxygen atoms in total. The molecule has 1 aromatic rings. The molecule has 0 aliphatic heterocycles. The van der Waals surface area contributed by atoms with Gasteiger partial charge in [-0.25, -0.2) is 4.79 Å². The Kier molecular flexibility index (Phi) is 7.15. The van der Waals surface area contributed by atoms with Crippen LogP contribution < -0.4 is 4.74 Å². The number of methoxy groups -OCH3 is 1. The van der Waals surface area contributed by atoms with Crippen LogP contribution in [0.3, 0.4) is 0 Å². The number of carbonyl (C=O) groups is 1. The minimum Gasteiger partial charge on any atom is -0.507 e. The lowest BCUT2D eigenvalue weighted by Crippen LogP contribution is -2.12. The average molecular weight is 356 g/mol. The van der Waals surface area contributed by atoms with Gasteiger partial charge in [0.25, 0.3) is 0 Å². The van der Waals surface area contributed by atoms with E-state index < -0.39 is 5.97 Å². The third kappa shape index (κ3) is 4.40. The van der Waals surface area contributed by atoms with Gasteiger partial charge in [0.2, 0.25) is 0 Å². The molecule has 0 radical (unpaired) electrons. The van der Waals surface area contributed by atoms with Gasteiger partial charge in [-0.1, -0.05) is 37.8 Å². The Morgan fingerprint density at radius 1 is 1.42 bits per heavy atom. The van der Waals surface area contributed by atoms with Crippen molar-refractivity contribution in [3.05, 3.63) is 34.4 Å². The topological polar surface area (TPSA) is 55.8 Å². The van der Waals surface area contributed by atoms with Crippen molar-refractivity contribution in [1.82, 2.24) is 0 Å². The first-order valence-corrected chi connectivity index (χ1v) is 9.30. The summed E-state index contributed by atoms with van der Waals surface area (Å²) >= 11 is 0. The van der Waals surface area contributed by atoms with E-state index >= 15 is 0 Å². The number of allylic oxidation sites excluding steroid dienone is 2. The summed E-state index contributed by atoms with van der Waals surface area (Å²) in [7, 11) is 1.33. The summed E-state index contributed by atoms with van der Waals surface area (Å²) in [5.74, 6) is -0.161. The third-order valence-electron chi connectivity index (χ3n) is 4.93. The highest BCUT2D eigenvalue weighted by Crippen LogP contribution is 2.44. The molecule has 0 aromatic heterocycles. The smallest absolute Gasteiger partial charge is 0.341 e. The van der Waals surface area contributed by atoms with E-state index in [4.69, 9.17) is 15.9 Å². The third-order valence-corrected chi connectivity index (χ3v) is 4.93. The van der Waals surface area contributed by atoms with Gasteiger partial charge in [0.15, 0.2) is 0 Å². The molecule has 0 spiro atoms. The summed E-state index contributed by atoms with van der Waals surface area (Å²) in [6, 6.07) is 1.80. The predicted molar refractivity (Wildman–Crippen MR) is 102 cm³/mol. The quantitative estimate of drug-likeness (QED) is 0.320. The number of hydrogen-bond acceptors (Lipinski definition) is 4. The van der Waals surface area contributed by atoms with Gasteiger partial charge in [-0.05, 0) is 50.7 Å². The standard InChI is InChI=1S/C22H28O4/c1-5-7-8-11-17-14-18(26-6-2)19(16-12-9-10-15(3)13-16)21(23)20(17)22(24)25-4/h2,13-14,16,23H,5,7-12H2,1,3-4H3. The molecule has 140 valence electrons. The zero-order chi connectivity index (χ0) is 19.1. The van der Waals surface area contributed by atoms with Crippen molar-refractivity contribution >= 4 is 5.97 Å². The summed E-state index contributed by atoms with van der Waals surface area (Å²) in [4.78, 5) is 12.4. The van der Waals surface area contributed by atoms with Crippen LogP contribution >= 0.6 is 0 Å². The van der Waals surface area contributed by atoms with E-state index in [1.165, 1.54) is 12.7 Å². The van der Waals surface area contributed by atoms with E-state index in [1.807, 2.05) is 0 Å². The lowest BCUT2D eigenvalue weighted by Gasteiger charge is -2.24. The van der Waals surface area contributed by atoms with Crippen LogP contribution in [0.15, 0.2) is 17.7 Å². The first kappa shape index (κ1) is 19.9. The van der Waals surface area contributed by atoms with Crippen molar-refractivity contribution in [3.8, 4) is 24.0 Å². The van der Waals surface area contributed by atoms with Crippen LogP contribution in [0, 0.1) is 12.5 Å². The summed E-state index contributed by atoms with van der Waals surface area (Å²) in [5.41, 5.74) is 2.80. The Hall–Kier alpha value is -2.41. The zero-order valence-corrected chi connectivity index (χ0v) is 15.9. The zero-order valence-electron chi connectivity index (χ0n) is 15.9. The van der Waals surface area contributed by atoms with Crippen molar-refractivity contribution < 1.29 is 19.4 Å². The summed E-state index contributed by atoms with van der Waals surface area (Å²) in [6.07, 6.45) is 16.3. The van der Waals surface area contributed by atoms with Crippen molar-refractivity contribution in [2.75, 3.05) is 7.11 Å². The number of aryl methyl sites for hydroxylation is 1. The van der Waals surface area contributed by atoms with Crippen LogP contribution in [-0.2, 0) is 11.2 Å². The van der Waals surface area contributed by atoms with Crippen LogP contribution in [-0.4, -0.2) is 18.2 Å². The monoisotopic (exact) mass is 356 g/mol. The number of carbonyl (C=O) groups excluding carboxylic acids is 1. The molecule has 0 amide bonds. The Balaban J connectivity index is 2.60. The Morgan fingerprint density at radius 3 is 2.81 bits per heavy atom. The molecule has 4 heteroatoms. The maximum Gasteiger partial charge on any atom is 0.341 e. The van der Waals surface area contributed by atoms with E-state index in [1.54, 1.807) is 6.07 Å². The second kappa shape index (κ2) is 9.33. The molecule has 1 unspecified atom stereocenters. The first-order chi connectivity index (χ1) is 12.5. The number of rotatable bonds is 7. The van der Waals surface area contributed by atoms with Gasteiger partial charge >= 0.3 is 5.97 Å². The molecule has 0 bridgehead atoms. The van der Waals surface area contributed by atoms with Gasteiger partial charge in [-0.3, -0.25) is 0 Å². The van der Waals surface area contributed by atoms with Gasteiger partial charge < -0.3 is 14.6 Å². The molecular weight excluding hydrogens is 328 g/mol. The van der Waals surface area contributed by atoms with Crippen LogP contribution in [0.25, 0.3) is 0 Å². The molecule has 1 N–H and O–H groups in total. The second-order valence-corrected chi connectivity index (χ2v) is 6.85. The second-order valence-electron chi connectivity index (χ2n) is 6.85. The maximum atomic E-state index is 12.4. The molecule has 26 heavy (non-hydrogen) atoms. The number of benzene rings is 1. The fourth-order valence-electron chi connectivity index (χ4n) is 3.65. The number of hydrogen-bond donors (Lipinski definition) is 1. The average Bonchev–Trinajstić information content (AvgIpc) is 2.61. The fourth-order valence-corrected chi connectivity index (χ4v) is 3.65. The van der Waals surface area contributed by atoms with Crippen LogP contribution in [0.1, 0.15) is 79.8 Å². The number of terminal acetylenes is 1. The summed E-state index contributed by atoms with van der Waals surface area (Å²) in [6.45, 7) is 4.19. The van der Waals surface area contributed by atoms with Gasteiger partial charge in [0.1, 0.15) is 23.2 Å². The molecule has 1 aliphatic carbocycles. The Morgan fingerprint density at radius 2 is 2.19 bits per heavy atom. The molecule has 1 aliphatic rings. The molecule has 1 atom stereocenters. The molecular formula is C22H28O4. The van der Waals surface area contributed by atoms with E-state index in [2.05, 4.69) is 26.0 Å². The van der Waals surface area contributed by atoms with Crippen LogP contribution in [0.5, 0.6) is 11.5 Å². The highest BCUT2D eigenvalue weighted by Gasteiger charge is 2.28. The van der Waals surface area contributed by atoms with E-state index in [-0.39, 0.29) is 17.2 Å². The molecule has 0 fully saturated rings. The predicted octanol–water partition coefficient (Wildman–Crippen LogP) is 5.09. The Bertz CT molecular complexity index is 725. The highest BCUT2D eigenvalue weighted by atomic mass is 16.5. The van der Waals surface area contributed by atoms with E-state index in [0.29, 0.717) is 23.3 Å². The van der Waals surface area contributed by atoms with Crippen molar-refractivity contribution in [2.24, 2.45) is 0 Å². The molecule has 1 aromatic carbocycles. The molecule has 0 saturated carbocycles. The number of phenols is 1. The SMILES string of the molecule is C#COc1cc(CCCCC)c(C(=O)OC)c(O)c1C1C=C(C)CCC1. The van der Waals surface area contributed by atoms with Crippen molar-refractivity contribution in [3.63, 3.8) is 0 Å².